The molecule has 0 amide bonds. The third kappa shape index (κ3) is 1.84. The quantitative estimate of drug-likeness (QED) is 0.603. The van der Waals surface area contributed by atoms with E-state index >= 15 is 0 Å². The van der Waals surface area contributed by atoms with Crippen molar-refractivity contribution in [2.24, 2.45) is 17.6 Å². The molecule has 1 rings (SSSR count). The van der Waals surface area contributed by atoms with E-state index in [0.29, 0.717) is 0 Å². The van der Waals surface area contributed by atoms with Gasteiger partial charge in [-0.05, 0) is 37.6 Å². The van der Waals surface area contributed by atoms with Gasteiger partial charge >= 0.3 is 0 Å². The van der Waals surface area contributed by atoms with Gasteiger partial charge in [0.2, 0.25) is 0 Å². The first-order valence-electron chi connectivity index (χ1n) is 3.62. The summed E-state index contributed by atoms with van der Waals surface area (Å²) in [6.07, 6.45) is 3.84. The maximum Gasteiger partial charge on any atom is 0.0226 e. The molecule has 0 atom stereocenters. The number of nitrogens with two attached hydrogens (primary N) is 1. The molecule has 54 valence electrons. The van der Waals surface area contributed by atoms with Crippen LogP contribution < -0.4 is 5.73 Å². The number of alkyl halides is 1. The molecule has 0 bridgehead atoms. The highest BCUT2D eigenvalue weighted by molar-refractivity contribution is 6.17. The summed E-state index contributed by atoms with van der Waals surface area (Å²) in [4.78, 5) is 0. The maximum atomic E-state index is 5.57. The molecule has 0 aliphatic heterocycles. The Morgan fingerprint density at radius 2 is 2.00 bits per heavy atom. The zero-order chi connectivity index (χ0) is 6.69. The molecule has 0 aromatic rings. The summed E-state index contributed by atoms with van der Waals surface area (Å²) < 4.78 is 0. The smallest absolute Gasteiger partial charge is 0.0226 e. The van der Waals surface area contributed by atoms with E-state index in [1.807, 2.05) is 0 Å². The molecule has 2 N–H and O–H groups in total. The minimum atomic E-state index is 0.818. The summed E-state index contributed by atoms with van der Waals surface area (Å²) in [5.74, 6) is 2.54. The second-order valence-electron chi connectivity index (χ2n) is 2.92. The molecular weight excluding hydrogens is 134 g/mol. The van der Waals surface area contributed by atoms with E-state index in [9.17, 15) is 0 Å². The first-order valence-corrected chi connectivity index (χ1v) is 4.16. The van der Waals surface area contributed by atoms with Crippen LogP contribution >= 0.6 is 11.6 Å². The average Bonchev–Trinajstić information content (AvgIpc) is 1.77. The molecule has 0 saturated heterocycles. The summed E-state index contributed by atoms with van der Waals surface area (Å²) in [6, 6.07) is 0. The van der Waals surface area contributed by atoms with Gasteiger partial charge in [0.25, 0.3) is 0 Å². The molecule has 0 radical (unpaired) electrons. The van der Waals surface area contributed by atoms with Gasteiger partial charge in [0.15, 0.2) is 0 Å². The van der Waals surface area contributed by atoms with E-state index < -0.39 is 0 Å². The second kappa shape index (κ2) is 3.43. The van der Waals surface area contributed by atoms with Crippen LogP contribution in [0.3, 0.4) is 0 Å². The van der Waals surface area contributed by atoms with Crippen molar-refractivity contribution in [3.05, 3.63) is 0 Å². The number of hydrogen-bond acceptors (Lipinski definition) is 1. The zero-order valence-electron chi connectivity index (χ0n) is 5.65. The van der Waals surface area contributed by atoms with Gasteiger partial charge in [-0.2, -0.15) is 0 Å². The highest BCUT2D eigenvalue weighted by atomic mass is 35.5. The predicted molar refractivity (Wildman–Crippen MR) is 40.6 cm³/mol. The van der Waals surface area contributed by atoms with E-state index in [0.717, 1.165) is 24.3 Å². The normalized spacial score (nSPS) is 34.0. The van der Waals surface area contributed by atoms with Crippen molar-refractivity contribution >= 4 is 11.6 Å². The third-order valence-corrected chi connectivity index (χ3v) is 2.40. The number of rotatable bonds is 3. The van der Waals surface area contributed by atoms with Gasteiger partial charge in [-0.15, -0.1) is 11.6 Å². The average molecular weight is 148 g/mol. The van der Waals surface area contributed by atoms with E-state index in [1.54, 1.807) is 0 Å². The van der Waals surface area contributed by atoms with Gasteiger partial charge in [0.05, 0.1) is 0 Å². The molecular formula is C7H14ClN. The van der Waals surface area contributed by atoms with Crippen LogP contribution in [0.25, 0.3) is 0 Å². The lowest BCUT2D eigenvalue weighted by Crippen LogP contribution is -2.29. The monoisotopic (exact) mass is 147 g/mol. The fourth-order valence-electron chi connectivity index (χ4n) is 1.46. The lowest BCUT2D eigenvalue weighted by atomic mass is 9.74. The molecule has 2 heteroatoms. The van der Waals surface area contributed by atoms with Gasteiger partial charge < -0.3 is 5.73 Å². The molecule has 9 heavy (non-hydrogen) atoms. The van der Waals surface area contributed by atoms with Crippen LogP contribution in [0.5, 0.6) is 0 Å². The largest absolute Gasteiger partial charge is 0.330 e. The van der Waals surface area contributed by atoms with Gasteiger partial charge in [0, 0.05) is 5.88 Å². The van der Waals surface area contributed by atoms with Crippen LogP contribution in [0, 0.1) is 11.8 Å². The van der Waals surface area contributed by atoms with Gasteiger partial charge in [-0.3, -0.25) is 0 Å². The van der Waals surface area contributed by atoms with Crippen molar-refractivity contribution in [2.75, 3.05) is 12.4 Å². The predicted octanol–water partition coefficient (Wildman–Crippen LogP) is 1.60. The highest BCUT2D eigenvalue weighted by Crippen LogP contribution is 2.35. The number of hydrogen-bond donors (Lipinski definition) is 1. The first-order chi connectivity index (χ1) is 4.36. The molecule has 1 aliphatic rings. The van der Waals surface area contributed by atoms with E-state index in [2.05, 4.69) is 0 Å². The summed E-state index contributed by atoms with van der Waals surface area (Å²) in [5, 5.41) is 0. The van der Waals surface area contributed by atoms with E-state index in [4.69, 9.17) is 17.3 Å². The van der Waals surface area contributed by atoms with Crippen LogP contribution in [0.15, 0.2) is 0 Å². The van der Waals surface area contributed by atoms with Crippen molar-refractivity contribution in [1.29, 1.82) is 0 Å². The maximum absolute atomic E-state index is 5.57. The Hall–Kier alpha value is 0.250. The summed E-state index contributed by atoms with van der Waals surface area (Å²) in [5.41, 5.74) is 5.46. The standard InChI is InChI=1S/C7H14ClN/c8-2-1-6-3-7(4-6)5-9/h6-7H,1-5,9H2. The Labute approximate surface area is 61.6 Å². The summed E-state index contributed by atoms with van der Waals surface area (Å²) in [7, 11) is 0. The van der Waals surface area contributed by atoms with Crippen molar-refractivity contribution in [1.82, 2.24) is 0 Å². The molecule has 0 aromatic heterocycles. The fourth-order valence-corrected chi connectivity index (χ4v) is 1.76. The topological polar surface area (TPSA) is 26.0 Å². The Kier molecular flexibility index (Phi) is 2.80. The van der Waals surface area contributed by atoms with Crippen molar-refractivity contribution in [2.45, 2.75) is 19.3 Å². The lowest BCUT2D eigenvalue weighted by Gasteiger charge is -2.33. The van der Waals surface area contributed by atoms with Gasteiger partial charge in [-0.1, -0.05) is 0 Å². The van der Waals surface area contributed by atoms with Gasteiger partial charge in [-0.25, -0.2) is 0 Å². The second-order valence-corrected chi connectivity index (χ2v) is 3.29. The summed E-state index contributed by atoms with van der Waals surface area (Å²) in [6.45, 7) is 0.874. The van der Waals surface area contributed by atoms with Crippen LogP contribution in [0.1, 0.15) is 19.3 Å². The minimum Gasteiger partial charge on any atom is -0.330 e. The summed E-state index contributed by atoms with van der Waals surface area (Å²) >= 11 is 5.57. The van der Waals surface area contributed by atoms with Crippen LogP contribution in [-0.4, -0.2) is 12.4 Å². The zero-order valence-corrected chi connectivity index (χ0v) is 6.40. The van der Waals surface area contributed by atoms with Crippen LogP contribution in [0.2, 0.25) is 0 Å². The first kappa shape index (κ1) is 7.36. The SMILES string of the molecule is NCC1CC(CCCl)C1. The van der Waals surface area contributed by atoms with Crippen molar-refractivity contribution < 1.29 is 0 Å². The molecule has 1 saturated carbocycles. The molecule has 0 heterocycles. The lowest BCUT2D eigenvalue weighted by molar-refractivity contribution is 0.196. The number of halogens is 1. The van der Waals surface area contributed by atoms with Crippen molar-refractivity contribution in [3.63, 3.8) is 0 Å². The Morgan fingerprint density at radius 1 is 1.33 bits per heavy atom. The fraction of sp³-hybridized carbons (Fsp3) is 1.00. The molecule has 1 fully saturated rings. The third-order valence-electron chi connectivity index (χ3n) is 2.18. The molecule has 0 unspecified atom stereocenters. The van der Waals surface area contributed by atoms with Gasteiger partial charge in [0.1, 0.15) is 0 Å². The van der Waals surface area contributed by atoms with E-state index in [1.165, 1.54) is 19.3 Å². The van der Waals surface area contributed by atoms with E-state index in [-0.39, 0.29) is 0 Å². The highest BCUT2D eigenvalue weighted by Gasteiger charge is 2.26. The Bertz CT molecular complexity index is 79.0. The molecule has 1 aliphatic carbocycles. The molecule has 0 aromatic carbocycles. The van der Waals surface area contributed by atoms with Crippen LogP contribution in [0.4, 0.5) is 0 Å². The van der Waals surface area contributed by atoms with Crippen molar-refractivity contribution in [3.8, 4) is 0 Å². The Morgan fingerprint density at radius 3 is 2.44 bits per heavy atom. The van der Waals surface area contributed by atoms with Crippen LogP contribution in [-0.2, 0) is 0 Å². The molecule has 0 spiro atoms. The minimum absolute atomic E-state index is 0.818. The Balaban J connectivity index is 1.98. The molecule has 1 nitrogen and oxygen atoms in total.